The van der Waals surface area contributed by atoms with Crippen molar-refractivity contribution in [3.05, 3.63) is 24.3 Å². The van der Waals surface area contributed by atoms with Gasteiger partial charge in [0.05, 0.1) is 0 Å². The van der Waals surface area contributed by atoms with Gasteiger partial charge in [0.1, 0.15) is 12.0 Å². The second kappa shape index (κ2) is 7.76. The first kappa shape index (κ1) is 17.5. The second-order valence-electron chi connectivity index (χ2n) is 7.82. The van der Waals surface area contributed by atoms with Crippen molar-refractivity contribution < 1.29 is 4.39 Å². The number of nitrogens with zero attached hydrogens (tertiary/aromatic N) is 6. The SMILES string of the molecule is CCc1nnc(N2CCC(Cn3cccn3)CC2)n1CC1CCC(F)C1. The second-order valence-corrected chi connectivity index (χ2v) is 7.82. The normalized spacial score (nSPS) is 24.5. The minimum atomic E-state index is -0.622. The molecular weight excluding hydrogens is 331 g/mol. The lowest BCUT2D eigenvalue weighted by Gasteiger charge is -2.33. The summed E-state index contributed by atoms with van der Waals surface area (Å²) in [5, 5.41) is 13.2. The van der Waals surface area contributed by atoms with E-state index in [0.717, 1.165) is 63.6 Å². The van der Waals surface area contributed by atoms with Gasteiger partial charge in [-0.3, -0.25) is 9.25 Å². The lowest BCUT2D eigenvalue weighted by molar-refractivity contribution is 0.320. The predicted molar refractivity (Wildman–Crippen MR) is 98.8 cm³/mol. The molecule has 6 nitrogen and oxygen atoms in total. The van der Waals surface area contributed by atoms with Gasteiger partial charge in [-0.2, -0.15) is 5.10 Å². The standard InChI is InChI=1S/C19H29FN6/c1-2-18-22-23-19(26(18)14-16-4-5-17(20)12-16)24-10-6-15(7-11-24)13-25-9-3-8-21-25/h3,8-9,15-17H,2,4-7,10-14H2,1H3. The Morgan fingerprint density at radius 2 is 1.92 bits per heavy atom. The molecule has 0 amide bonds. The van der Waals surface area contributed by atoms with E-state index in [0.29, 0.717) is 24.7 Å². The zero-order valence-corrected chi connectivity index (χ0v) is 15.6. The number of alkyl halides is 1. The van der Waals surface area contributed by atoms with Crippen LogP contribution in [0.15, 0.2) is 18.5 Å². The first-order valence-electron chi connectivity index (χ1n) is 10.0. The lowest BCUT2D eigenvalue weighted by Crippen LogP contribution is -2.37. The van der Waals surface area contributed by atoms with Crippen LogP contribution in [-0.4, -0.2) is 43.8 Å². The number of aryl methyl sites for hydroxylation is 1. The smallest absolute Gasteiger partial charge is 0.227 e. The molecule has 3 heterocycles. The summed E-state index contributed by atoms with van der Waals surface area (Å²) in [7, 11) is 0. The maximum atomic E-state index is 13.6. The Balaban J connectivity index is 1.40. The highest BCUT2D eigenvalue weighted by molar-refractivity contribution is 5.32. The molecule has 2 aromatic rings. The number of anilines is 1. The first-order valence-corrected chi connectivity index (χ1v) is 10.0. The average molecular weight is 360 g/mol. The molecule has 1 saturated heterocycles. The topological polar surface area (TPSA) is 51.8 Å². The van der Waals surface area contributed by atoms with Crippen LogP contribution in [0.2, 0.25) is 0 Å². The predicted octanol–water partition coefficient (Wildman–Crippen LogP) is 3.09. The fraction of sp³-hybridized carbons (Fsp3) is 0.737. The maximum Gasteiger partial charge on any atom is 0.227 e. The van der Waals surface area contributed by atoms with Gasteiger partial charge in [0, 0.05) is 45.0 Å². The molecule has 4 rings (SSSR count). The first-order chi connectivity index (χ1) is 12.7. The number of halogens is 1. The number of hydrogen-bond donors (Lipinski definition) is 0. The highest BCUT2D eigenvalue weighted by Crippen LogP contribution is 2.31. The molecule has 1 aliphatic carbocycles. The molecule has 2 aliphatic rings. The van der Waals surface area contributed by atoms with Crippen LogP contribution in [0.4, 0.5) is 10.3 Å². The fourth-order valence-electron chi connectivity index (χ4n) is 4.43. The molecule has 0 bridgehead atoms. The van der Waals surface area contributed by atoms with Crippen molar-refractivity contribution in [1.29, 1.82) is 0 Å². The quantitative estimate of drug-likeness (QED) is 0.794. The molecule has 0 radical (unpaired) electrons. The molecule has 2 unspecified atom stereocenters. The molecule has 1 saturated carbocycles. The van der Waals surface area contributed by atoms with E-state index in [2.05, 4.69) is 31.7 Å². The molecule has 7 heteroatoms. The number of piperidine rings is 1. The van der Waals surface area contributed by atoms with Crippen LogP contribution in [0.25, 0.3) is 0 Å². The molecule has 0 spiro atoms. The Bertz CT molecular complexity index is 689. The molecule has 1 aliphatic heterocycles. The fourth-order valence-corrected chi connectivity index (χ4v) is 4.43. The van der Waals surface area contributed by atoms with Crippen molar-refractivity contribution in [3.63, 3.8) is 0 Å². The van der Waals surface area contributed by atoms with Gasteiger partial charge in [0.25, 0.3) is 0 Å². The van der Waals surface area contributed by atoms with Gasteiger partial charge >= 0.3 is 0 Å². The number of rotatable bonds is 6. The summed E-state index contributed by atoms with van der Waals surface area (Å²) in [6, 6.07) is 1.98. The van der Waals surface area contributed by atoms with Crippen LogP contribution in [0.1, 0.15) is 44.9 Å². The van der Waals surface area contributed by atoms with E-state index in [1.165, 1.54) is 0 Å². The molecular formula is C19H29FN6. The van der Waals surface area contributed by atoms with Gasteiger partial charge in [-0.05, 0) is 50.0 Å². The summed E-state index contributed by atoms with van der Waals surface area (Å²) in [5.74, 6) is 3.10. The summed E-state index contributed by atoms with van der Waals surface area (Å²) >= 11 is 0. The summed E-state index contributed by atoms with van der Waals surface area (Å²) in [6.45, 7) is 5.98. The van der Waals surface area contributed by atoms with Gasteiger partial charge < -0.3 is 4.90 Å². The summed E-state index contributed by atoms with van der Waals surface area (Å²) < 4.78 is 17.9. The Morgan fingerprint density at radius 3 is 2.58 bits per heavy atom. The molecule has 2 atom stereocenters. The van der Waals surface area contributed by atoms with E-state index in [-0.39, 0.29) is 0 Å². The van der Waals surface area contributed by atoms with Crippen molar-refractivity contribution in [3.8, 4) is 0 Å². The van der Waals surface area contributed by atoms with E-state index in [1.54, 1.807) is 0 Å². The van der Waals surface area contributed by atoms with E-state index in [9.17, 15) is 4.39 Å². The zero-order valence-electron chi connectivity index (χ0n) is 15.6. The van der Waals surface area contributed by atoms with Crippen LogP contribution in [-0.2, 0) is 19.5 Å². The van der Waals surface area contributed by atoms with Gasteiger partial charge in [-0.1, -0.05) is 6.92 Å². The van der Waals surface area contributed by atoms with Crippen molar-refractivity contribution in [2.24, 2.45) is 11.8 Å². The van der Waals surface area contributed by atoms with E-state index < -0.39 is 6.17 Å². The third kappa shape index (κ3) is 3.76. The summed E-state index contributed by atoms with van der Waals surface area (Å²) in [4.78, 5) is 2.37. The van der Waals surface area contributed by atoms with Crippen molar-refractivity contribution >= 4 is 5.95 Å². The minimum Gasteiger partial charge on any atom is -0.341 e. The third-order valence-corrected chi connectivity index (χ3v) is 5.94. The Hall–Kier alpha value is -1.92. The highest BCUT2D eigenvalue weighted by Gasteiger charge is 2.28. The van der Waals surface area contributed by atoms with Gasteiger partial charge in [-0.25, -0.2) is 4.39 Å². The summed E-state index contributed by atoms with van der Waals surface area (Å²) in [6.07, 6.45) is 8.79. The highest BCUT2D eigenvalue weighted by atomic mass is 19.1. The summed E-state index contributed by atoms with van der Waals surface area (Å²) in [5.41, 5.74) is 0. The molecule has 2 fully saturated rings. The Kier molecular flexibility index (Phi) is 5.22. The molecule has 0 N–H and O–H groups in total. The van der Waals surface area contributed by atoms with E-state index >= 15 is 0 Å². The minimum absolute atomic E-state index is 0.419. The molecule has 142 valence electrons. The number of hydrogen-bond acceptors (Lipinski definition) is 4. The van der Waals surface area contributed by atoms with Crippen LogP contribution < -0.4 is 4.90 Å². The largest absolute Gasteiger partial charge is 0.341 e. The van der Waals surface area contributed by atoms with Crippen molar-refractivity contribution in [1.82, 2.24) is 24.5 Å². The van der Waals surface area contributed by atoms with Gasteiger partial charge in [-0.15, -0.1) is 10.2 Å². The van der Waals surface area contributed by atoms with E-state index in [4.69, 9.17) is 0 Å². The van der Waals surface area contributed by atoms with E-state index in [1.807, 2.05) is 23.1 Å². The van der Waals surface area contributed by atoms with Crippen LogP contribution in [0.3, 0.4) is 0 Å². The number of aromatic nitrogens is 5. The van der Waals surface area contributed by atoms with Crippen LogP contribution in [0, 0.1) is 11.8 Å². The zero-order chi connectivity index (χ0) is 17.9. The lowest BCUT2D eigenvalue weighted by atomic mass is 9.97. The van der Waals surface area contributed by atoms with Crippen LogP contribution in [0.5, 0.6) is 0 Å². The van der Waals surface area contributed by atoms with Crippen LogP contribution >= 0.6 is 0 Å². The molecule has 2 aromatic heterocycles. The molecule has 0 aromatic carbocycles. The average Bonchev–Trinajstić information content (AvgIpc) is 3.38. The monoisotopic (exact) mass is 360 g/mol. The third-order valence-electron chi connectivity index (χ3n) is 5.94. The molecule has 26 heavy (non-hydrogen) atoms. The van der Waals surface area contributed by atoms with Gasteiger partial charge in [0.15, 0.2) is 0 Å². The maximum absolute atomic E-state index is 13.6. The Morgan fingerprint density at radius 1 is 1.08 bits per heavy atom. The van der Waals surface area contributed by atoms with Crippen molar-refractivity contribution in [2.75, 3.05) is 18.0 Å². The van der Waals surface area contributed by atoms with Gasteiger partial charge in [0.2, 0.25) is 5.95 Å². The Labute approximate surface area is 154 Å². The van der Waals surface area contributed by atoms with Crippen molar-refractivity contribution in [2.45, 2.75) is 64.7 Å².